The highest BCUT2D eigenvalue weighted by molar-refractivity contribution is 7.92. The van der Waals surface area contributed by atoms with E-state index in [2.05, 4.69) is 5.32 Å². The van der Waals surface area contributed by atoms with Crippen LogP contribution in [-0.4, -0.2) is 26.6 Å². The highest BCUT2D eigenvalue weighted by Gasteiger charge is 2.29. The minimum absolute atomic E-state index is 0.370. The van der Waals surface area contributed by atoms with E-state index >= 15 is 0 Å². The highest BCUT2D eigenvalue weighted by Crippen LogP contribution is 2.22. The summed E-state index contributed by atoms with van der Waals surface area (Å²) in [6.07, 6.45) is 1.88. The summed E-state index contributed by atoms with van der Waals surface area (Å²) in [4.78, 5) is 12.6. The molecule has 1 N–H and O–H groups in total. The monoisotopic (exact) mass is 346 g/mol. The Bertz CT molecular complexity index is 804. The van der Waals surface area contributed by atoms with E-state index in [9.17, 15) is 13.2 Å². The molecule has 2 rings (SSSR count). The van der Waals surface area contributed by atoms with Gasteiger partial charge in [-0.05, 0) is 37.1 Å². The lowest BCUT2D eigenvalue weighted by atomic mass is 10.1. The maximum absolute atomic E-state index is 12.6. The van der Waals surface area contributed by atoms with E-state index in [0.29, 0.717) is 11.4 Å². The Kier molecular flexibility index (Phi) is 5.62. The molecule has 24 heavy (non-hydrogen) atoms. The first-order chi connectivity index (χ1) is 11.3. The zero-order valence-electron chi connectivity index (χ0n) is 14.1. The summed E-state index contributed by atoms with van der Waals surface area (Å²) in [6, 6.07) is 15.3. The lowest BCUT2D eigenvalue weighted by Crippen LogP contribution is -2.45. The quantitative estimate of drug-likeness (QED) is 0.874. The Morgan fingerprint density at radius 2 is 1.67 bits per heavy atom. The van der Waals surface area contributed by atoms with E-state index in [-0.39, 0.29) is 5.91 Å². The fourth-order valence-corrected chi connectivity index (χ4v) is 3.75. The number of amides is 1. The van der Waals surface area contributed by atoms with Gasteiger partial charge in [-0.15, -0.1) is 0 Å². The van der Waals surface area contributed by atoms with Gasteiger partial charge in [0.15, 0.2) is 0 Å². The maximum atomic E-state index is 12.6. The van der Waals surface area contributed by atoms with Crippen LogP contribution in [0.1, 0.15) is 19.4 Å². The fraction of sp³-hybridized carbons (Fsp3) is 0.278. The lowest BCUT2D eigenvalue weighted by Gasteiger charge is -2.28. The molecule has 1 atom stereocenters. The van der Waals surface area contributed by atoms with Crippen molar-refractivity contribution in [1.29, 1.82) is 0 Å². The number of carbonyl (C=O) groups excluding carboxylic acids is 1. The van der Waals surface area contributed by atoms with Gasteiger partial charge in [-0.2, -0.15) is 0 Å². The summed E-state index contributed by atoms with van der Waals surface area (Å²) < 4.78 is 25.5. The molecular weight excluding hydrogens is 324 g/mol. The van der Waals surface area contributed by atoms with Crippen LogP contribution in [0.5, 0.6) is 0 Å². The largest absolute Gasteiger partial charge is 0.324 e. The minimum Gasteiger partial charge on any atom is -0.324 e. The fourth-order valence-electron chi connectivity index (χ4n) is 2.57. The second kappa shape index (κ2) is 7.49. The first kappa shape index (κ1) is 18.0. The normalized spacial score (nSPS) is 12.5. The third-order valence-corrected chi connectivity index (χ3v) is 5.00. The highest BCUT2D eigenvalue weighted by atomic mass is 32.2. The zero-order chi connectivity index (χ0) is 17.7. The molecule has 128 valence electrons. The van der Waals surface area contributed by atoms with Crippen molar-refractivity contribution in [1.82, 2.24) is 0 Å². The van der Waals surface area contributed by atoms with Crippen molar-refractivity contribution >= 4 is 27.3 Å². The van der Waals surface area contributed by atoms with Gasteiger partial charge in [-0.3, -0.25) is 9.10 Å². The standard InChI is InChI=1S/C18H22N2O3S/c1-4-15-10-8-9-13-17(15)19-18(21)14(2)20(24(3,22)23)16-11-6-5-7-12-16/h5-14H,4H2,1-3H3,(H,19,21)/t14-/m0/s1. The van der Waals surface area contributed by atoms with Gasteiger partial charge in [-0.25, -0.2) is 8.42 Å². The van der Waals surface area contributed by atoms with E-state index in [4.69, 9.17) is 0 Å². The van der Waals surface area contributed by atoms with Gasteiger partial charge < -0.3 is 5.32 Å². The molecule has 0 heterocycles. The smallest absolute Gasteiger partial charge is 0.248 e. The average Bonchev–Trinajstić information content (AvgIpc) is 2.55. The molecule has 2 aromatic rings. The van der Waals surface area contributed by atoms with Crippen LogP contribution >= 0.6 is 0 Å². The van der Waals surface area contributed by atoms with Crippen LogP contribution in [0.15, 0.2) is 54.6 Å². The lowest BCUT2D eigenvalue weighted by molar-refractivity contribution is -0.116. The predicted molar refractivity (Wildman–Crippen MR) is 97.7 cm³/mol. The summed E-state index contributed by atoms with van der Waals surface area (Å²) in [5.41, 5.74) is 2.17. The van der Waals surface area contributed by atoms with Crippen molar-refractivity contribution in [2.24, 2.45) is 0 Å². The number of benzene rings is 2. The number of aryl methyl sites for hydroxylation is 1. The third kappa shape index (κ3) is 4.14. The molecule has 1 amide bonds. The number of para-hydroxylation sites is 2. The summed E-state index contributed by atoms with van der Waals surface area (Å²) in [6.45, 7) is 3.58. The molecule has 0 aliphatic carbocycles. The Hall–Kier alpha value is -2.34. The van der Waals surface area contributed by atoms with Crippen LogP contribution in [0.4, 0.5) is 11.4 Å². The van der Waals surface area contributed by atoms with Crippen LogP contribution in [0.2, 0.25) is 0 Å². The van der Waals surface area contributed by atoms with E-state index < -0.39 is 16.1 Å². The van der Waals surface area contributed by atoms with Crippen LogP contribution in [0.25, 0.3) is 0 Å². The van der Waals surface area contributed by atoms with Gasteiger partial charge in [0.2, 0.25) is 15.9 Å². The van der Waals surface area contributed by atoms with Gasteiger partial charge in [-0.1, -0.05) is 43.3 Å². The molecule has 0 aromatic heterocycles. The molecule has 0 saturated heterocycles. The van der Waals surface area contributed by atoms with E-state index in [1.54, 1.807) is 37.3 Å². The minimum atomic E-state index is -3.60. The first-order valence-electron chi connectivity index (χ1n) is 7.77. The van der Waals surface area contributed by atoms with Gasteiger partial charge in [0.05, 0.1) is 11.9 Å². The number of anilines is 2. The van der Waals surface area contributed by atoms with Crippen molar-refractivity contribution < 1.29 is 13.2 Å². The number of carbonyl (C=O) groups is 1. The maximum Gasteiger partial charge on any atom is 0.248 e. The van der Waals surface area contributed by atoms with Gasteiger partial charge in [0.1, 0.15) is 6.04 Å². The van der Waals surface area contributed by atoms with Gasteiger partial charge >= 0.3 is 0 Å². The molecule has 2 aromatic carbocycles. The van der Waals surface area contributed by atoms with Crippen molar-refractivity contribution in [3.05, 3.63) is 60.2 Å². The Balaban J connectivity index is 2.30. The molecule has 0 bridgehead atoms. The summed E-state index contributed by atoms with van der Waals surface area (Å²) >= 11 is 0. The number of hydrogen-bond donors (Lipinski definition) is 1. The van der Waals surface area contributed by atoms with E-state index in [1.807, 2.05) is 31.2 Å². The van der Waals surface area contributed by atoms with Crippen molar-refractivity contribution in [3.63, 3.8) is 0 Å². The summed E-state index contributed by atoms with van der Waals surface area (Å²) in [5, 5.41) is 2.84. The molecular formula is C18H22N2O3S. The number of sulfonamides is 1. The Morgan fingerprint density at radius 3 is 2.25 bits per heavy atom. The zero-order valence-corrected chi connectivity index (χ0v) is 14.9. The van der Waals surface area contributed by atoms with Crippen molar-refractivity contribution in [3.8, 4) is 0 Å². The molecule has 0 aliphatic heterocycles. The van der Waals surface area contributed by atoms with E-state index in [0.717, 1.165) is 22.5 Å². The van der Waals surface area contributed by atoms with Gasteiger partial charge in [0.25, 0.3) is 0 Å². The Labute approximate surface area is 143 Å². The molecule has 0 unspecified atom stereocenters. The van der Waals surface area contributed by atoms with Crippen LogP contribution in [0, 0.1) is 0 Å². The molecule has 0 spiro atoms. The molecule has 0 aliphatic rings. The van der Waals surface area contributed by atoms with Crippen molar-refractivity contribution in [2.75, 3.05) is 15.9 Å². The number of nitrogens with one attached hydrogen (secondary N) is 1. The van der Waals surface area contributed by atoms with Gasteiger partial charge in [0, 0.05) is 5.69 Å². The second-order valence-corrected chi connectivity index (χ2v) is 7.43. The summed E-state index contributed by atoms with van der Waals surface area (Å²) in [5.74, 6) is -0.370. The van der Waals surface area contributed by atoms with Crippen LogP contribution in [-0.2, 0) is 21.2 Å². The number of rotatable bonds is 6. The van der Waals surface area contributed by atoms with Crippen molar-refractivity contribution in [2.45, 2.75) is 26.3 Å². The molecule has 5 nitrogen and oxygen atoms in total. The topological polar surface area (TPSA) is 66.5 Å². The predicted octanol–water partition coefficient (Wildman–Crippen LogP) is 3.04. The van der Waals surface area contributed by atoms with Crippen LogP contribution < -0.4 is 9.62 Å². The summed E-state index contributed by atoms with van der Waals surface area (Å²) in [7, 11) is -3.60. The third-order valence-electron chi connectivity index (χ3n) is 3.76. The molecule has 6 heteroatoms. The number of nitrogens with zero attached hydrogens (tertiary/aromatic N) is 1. The van der Waals surface area contributed by atoms with E-state index in [1.165, 1.54) is 0 Å². The molecule has 0 saturated carbocycles. The second-order valence-electron chi connectivity index (χ2n) is 5.57. The molecule has 0 fully saturated rings. The molecule has 0 radical (unpaired) electrons. The SMILES string of the molecule is CCc1ccccc1NC(=O)[C@H](C)N(c1ccccc1)S(C)(=O)=O. The first-order valence-corrected chi connectivity index (χ1v) is 9.62. The average molecular weight is 346 g/mol. The Morgan fingerprint density at radius 1 is 1.08 bits per heavy atom. The number of hydrogen-bond acceptors (Lipinski definition) is 3. The van der Waals surface area contributed by atoms with Crippen LogP contribution in [0.3, 0.4) is 0 Å².